The molecule has 0 unspecified atom stereocenters. The molecule has 1 aliphatic rings. The summed E-state index contributed by atoms with van der Waals surface area (Å²) in [6.45, 7) is 9.21. The summed E-state index contributed by atoms with van der Waals surface area (Å²) in [7, 11) is 0. The lowest BCUT2D eigenvalue weighted by Gasteiger charge is -2.23. The molecule has 0 aromatic heterocycles. The van der Waals surface area contributed by atoms with Gasteiger partial charge in [-0.15, -0.1) is 0 Å². The number of ether oxygens (including phenoxy) is 1. The van der Waals surface area contributed by atoms with Crippen LogP contribution in [0.15, 0.2) is 12.2 Å². The predicted molar refractivity (Wildman–Crippen MR) is 60.5 cm³/mol. The van der Waals surface area contributed by atoms with Gasteiger partial charge in [0.2, 0.25) is 0 Å². The van der Waals surface area contributed by atoms with Crippen molar-refractivity contribution >= 4 is 0 Å². The van der Waals surface area contributed by atoms with Gasteiger partial charge in [-0.05, 0) is 26.3 Å². The van der Waals surface area contributed by atoms with Crippen LogP contribution in [0.3, 0.4) is 0 Å². The summed E-state index contributed by atoms with van der Waals surface area (Å²) in [6, 6.07) is 2.70. The minimum absolute atomic E-state index is 0.512. The smallest absolute Gasteiger partial charge is 0.0672 e. The molecule has 84 valence electrons. The second-order valence-electron chi connectivity index (χ2n) is 4.21. The molecule has 1 atom stereocenters. The molecule has 0 amide bonds. The molecule has 0 aliphatic carbocycles. The number of nitriles is 1. The van der Waals surface area contributed by atoms with Crippen LogP contribution in [0.4, 0.5) is 0 Å². The first kappa shape index (κ1) is 12.2. The Morgan fingerprint density at radius 1 is 1.67 bits per heavy atom. The summed E-state index contributed by atoms with van der Waals surface area (Å²) in [5.41, 5.74) is 1.07. The van der Waals surface area contributed by atoms with Crippen molar-refractivity contribution in [2.24, 2.45) is 0 Å². The second kappa shape index (κ2) is 6.60. The topological polar surface area (TPSA) is 36.3 Å². The number of hydrogen-bond donors (Lipinski definition) is 0. The zero-order valence-corrected chi connectivity index (χ0v) is 9.54. The van der Waals surface area contributed by atoms with Gasteiger partial charge in [0, 0.05) is 19.0 Å². The quantitative estimate of drug-likeness (QED) is 0.626. The first-order valence-electron chi connectivity index (χ1n) is 5.57. The molecule has 0 radical (unpaired) electrons. The normalized spacial score (nSPS) is 21.5. The predicted octanol–water partition coefficient (Wildman–Crippen LogP) is 1.96. The highest BCUT2D eigenvalue weighted by Crippen LogP contribution is 2.17. The highest BCUT2D eigenvalue weighted by Gasteiger charge is 2.23. The van der Waals surface area contributed by atoms with Crippen LogP contribution in [-0.4, -0.2) is 37.2 Å². The van der Waals surface area contributed by atoms with E-state index in [0.29, 0.717) is 19.1 Å². The minimum atomic E-state index is 0.512. The molecule has 1 aliphatic heterocycles. The van der Waals surface area contributed by atoms with Crippen LogP contribution in [0.5, 0.6) is 0 Å². The summed E-state index contributed by atoms with van der Waals surface area (Å²) < 4.78 is 5.57. The van der Waals surface area contributed by atoms with Crippen molar-refractivity contribution in [3.05, 3.63) is 12.2 Å². The average Bonchev–Trinajstić information content (AvgIpc) is 2.62. The van der Waals surface area contributed by atoms with Crippen LogP contribution >= 0.6 is 0 Å². The van der Waals surface area contributed by atoms with Gasteiger partial charge < -0.3 is 4.74 Å². The molecule has 0 bridgehead atoms. The molecule has 0 N–H and O–H groups in total. The second-order valence-corrected chi connectivity index (χ2v) is 4.21. The van der Waals surface area contributed by atoms with E-state index in [1.165, 1.54) is 12.8 Å². The number of likely N-dealkylation sites (tertiary alicyclic amines) is 1. The monoisotopic (exact) mass is 208 g/mol. The van der Waals surface area contributed by atoms with Crippen molar-refractivity contribution in [1.29, 1.82) is 5.26 Å². The molecular weight excluding hydrogens is 188 g/mol. The van der Waals surface area contributed by atoms with E-state index in [-0.39, 0.29) is 0 Å². The van der Waals surface area contributed by atoms with Gasteiger partial charge in [0.15, 0.2) is 0 Å². The molecule has 0 aromatic rings. The lowest BCUT2D eigenvalue weighted by molar-refractivity contribution is 0.0917. The maximum Gasteiger partial charge on any atom is 0.0672 e. The van der Waals surface area contributed by atoms with E-state index in [1.807, 2.05) is 6.92 Å². The van der Waals surface area contributed by atoms with Gasteiger partial charge >= 0.3 is 0 Å². The summed E-state index contributed by atoms with van der Waals surface area (Å²) in [5.74, 6) is 0. The third-order valence-electron chi connectivity index (χ3n) is 2.67. The molecule has 3 nitrogen and oxygen atoms in total. The zero-order chi connectivity index (χ0) is 11.1. The van der Waals surface area contributed by atoms with Crippen molar-refractivity contribution in [3.8, 4) is 6.07 Å². The highest BCUT2D eigenvalue weighted by atomic mass is 16.5. The summed E-state index contributed by atoms with van der Waals surface area (Å²) in [4.78, 5) is 2.36. The Bertz CT molecular complexity index is 244. The van der Waals surface area contributed by atoms with Crippen LogP contribution in [0, 0.1) is 11.3 Å². The van der Waals surface area contributed by atoms with Gasteiger partial charge in [0.05, 0.1) is 19.3 Å². The standard InChI is InChI=1S/C12H20N2O/c1-11(2)9-15-10-12-5-3-7-14(12)8-4-6-13/h12H,1,3-5,7-10H2,2H3/t12-/m0/s1. The average molecular weight is 208 g/mol. The van der Waals surface area contributed by atoms with Gasteiger partial charge in [-0.3, -0.25) is 4.90 Å². The summed E-state index contributed by atoms with van der Waals surface area (Å²) in [6.07, 6.45) is 3.05. The lowest BCUT2D eigenvalue weighted by atomic mass is 10.2. The fraction of sp³-hybridized carbons (Fsp3) is 0.750. The van der Waals surface area contributed by atoms with E-state index < -0.39 is 0 Å². The van der Waals surface area contributed by atoms with E-state index in [4.69, 9.17) is 10.00 Å². The Morgan fingerprint density at radius 3 is 3.13 bits per heavy atom. The van der Waals surface area contributed by atoms with Crippen molar-refractivity contribution < 1.29 is 4.74 Å². The van der Waals surface area contributed by atoms with Crippen LogP contribution in [0.2, 0.25) is 0 Å². The Hall–Kier alpha value is -0.850. The number of rotatable bonds is 6. The first-order valence-corrected chi connectivity index (χ1v) is 5.57. The fourth-order valence-electron chi connectivity index (χ4n) is 1.94. The molecule has 1 rings (SSSR count). The van der Waals surface area contributed by atoms with Crippen LogP contribution < -0.4 is 0 Å². The molecule has 3 heteroatoms. The van der Waals surface area contributed by atoms with Crippen molar-refractivity contribution in [1.82, 2.24) is 4.90 Å². The van der Waals surface area contributed by atoms with E-state index in [2.05, 4.69) is 17.5 Å². The lowest BCUT2D eigenvalue weighted by Crippen LogP contribution is -2.34. The van der Waals surface area contributed by atoms with Crippen molar-refractivity contribution in [2.45, 2.75) is 32.2 Å². The Morgan fingerprint density at radius 2 is 2.47 bits per heavy atom. The van der Waals surface area contributed by atoms with Gasteiger partial charge in [-0.1, -0.05) is 12.2 Å². The van der Waals surface area contributed by atoms with Crippen LogP contribution in [0.1, 0.15) is 26.2 Å². The molecule has 1 saturated heterocycles. The number of nitrogens with zero attached hydrogens (tertiary/aromatic N) is 2. The van der Waals surface area contributed by atoms with E-state index in [9.17, 15) is 0 Å². The minimum Gasteiger partial charge on any atom is -0.376 e. The van der Waals surface area contributed by atoms with Crippen molar-refractivity contribution in [2.75, 3.05) is 26.3 Å². The Balaban J connectivity index is 2.21. The van der Waals surface area contributed by atoms with Crippen LogP contribution in [-0.2, 0) is 4.74 Å². The first-order chi connectivity index (χ1) is 7.24. The van der Waals surface area contributed by atoms with Gasteiger partial charge in [0.25, 0.3) is 0 Å². The Labute approximate surface area is 92.3 Å². The Kier molecular flexibility index (Phi) is 5.38. The largest absolute Gasteiger partial charge is 0.376 e. The molecule has 0 aromatic carbocycles. The van der Waals surface area contributed by atoms with Gasteiger partial charge in [-0.2, -0.15) is 5.26 Å². The van der Waals surface area contributed by atoms with Gasteiger partial charge in [0.1, 0.15) is 0 Å². The maximum absolute atomic E-state index is 8.54. The highest BCUT2D eigenvalue weighted by molar-refractivity contribution is 4.88. The van der Waals surface area contributed by atoms with E-state index in [1.54, 1.807) is 0 Å². The molecule has 0 spiro atoms. The van der Waals surface area contributed by atoms with E-state index >= 15 is 0 Å². The molecule has 1 fully saturated rings. The number of hydrogen-bond acceptors (Lipinski definition) is 3. The van der Waals surface area contributed by atoms with Gasteiger partial charge in [-0.25, -0.2) is 0 Å². The SMILES string of the molecule is C=C(C)COC[C@@H]1CCCN1CCC#N. The van der Waals surface area contributed by atoms with Crippen molar-refractivity contribution in [3.63, 3.8) is 0 Å². The van der Waals surface area contributed by atoms with E-state index in [0.717, 1.165) is 25.3 Å². The third-order valence-corrected chi connectivity index (χ3v) is 2.67. The third kappa shape index (κ3) is 4.46. The summed E-state index contributed by atoms with van der Waals surface area (Å²) in [5, 5.41) is 8.54. The zero-order valence-electron chi connectivity index (χ0n) is 9.54. The maximum atomic E-state index is 8.54. The molecule has 0 saturated carbocycles. The molecular formula is C12H20N2O. The molecule has 15 heavy (non-hydrogen) atoms. The fourth-order valence-corrected chi connectivity index (χ4v) is 1.94. The summed E-state index contributed by atoms with van der Waals surface area (Å²) >= 11 is 0. The molecule has 1 heterocycles. The van der Waals surface area contributed by atoms with Crippen LogP contribution in [0.25, 0.3) is 0 Å².